The topological polar surface area (TPSA) is 100 Å². The molecule has 3 aromatic heterocycles. The molecule has 1 amide bonds. The number of rotatable bonds is 5. The summed E-state index contributed by atoms with van der Waals surface area (Å²) in [5, 5.41) is 13.4. The van der Waals surface area contributed by atoms with Crippen molar-refractivity contribution < 1.29 is 9.18 Å². The van der Waals surface area contributed by atoms with E-state index in [4.69, 9.17) is 11.6 Å². The Bertz CT molecular complexity index is 1290. The maximum Gasteiger partial charge on any atom is 0.228 e. The van der Waals surface area contributed by atoms with Gasteiger partial charge in [-0.1, -0.05) is 11.6 Å². The molecule has 30 heavy (non-hydrogen) atoms. The van der Waals surface area contributed by atoms with Crippen LogP contribution in [-0.2, 0) is 4.79 Å². The third-order valence-electron chi connectivity index (χ3n) is 5.02. The van der Waals surface area contributed by atoms with Gasteiger partial charge in [-0.05, 0) is 26.7 Å². The van der Waals surface area contributed by atoms with Crippen molar-refractivity contribution in [3.05, 3.63) is 35.6 Å². The number of aromatic nitrogens is 5. The van der Waals surface area contributed by atoms with Gasteiger partial charge in [0.1, 0.15) is 0 Å². The minimum Gasteiger partial charge on any atom is -0.379 e. The van der Waals surface area contributed by atoms with Crippen LogP contribution in [-0.4, -0.2) is 36.5 Å². The van der Waals surface area contributed by atoms with E-state index in [1.165, 1.54) is 0 Å². The number of H-pyrrole nitrogens is 1. The monoisotopic (exact) mass is 427 g/mol. The summed E-state index contributed by atoms with van der Waals surface area (Å²) in [5.74, 6) is -0.0576. The molecule has 1 aromatic carbocycles. The number of amides is 1. The van der Waals surface area contributed by atoms with Gasteiger partial charge < -0.3 is 15.0 Å². The van der Waals surface area contributed by atoms with E-state index in [1.807, 2.05) is 13.8 Å². The minimum absolute atomic E-state index is 0.0117. The zero-order chi connectivity index (χ0) is 21.0. The van der Waals surface area contributed by atoms with Crippen molar-refractivity contribution in [1.29, 1.82) is 0 Å². The molecule has 3 heterocycles. The normalized spacial score (nSPS) is 14.0. The summed E-state index contributed by atoms with van der Waals surface area (Å²) in [4.78, 5) is 20.8. The van der Waals surface area contributed by atoms with Crippen molar-refractivity contribution in [2.45, 2.75) is 32.7 Å². The van der Waals surface area contributed by atoms with Crippen molar-refractivity contribution in [2.24, 2.45) is 5.92 Å². The molecule has 1 aliphatic carbocycles. The molecule has 0 aliphatic heterocycles. The second-order valence-corrected chi connectivity index (χ2v) is 8.14. The van der Waals surface area contributed by atoms with Crippen molar-refractivity contribution >= 4 is 45.6 Å². The molecule has 10 heteroatoms. The lowest BCUT2D eigenvalue weighted by atomic mass is 10.1. The smallest absolute Gasteiger partial charge is 0.228 e. The van der Waals surface area contributed by atoms with Gasteiger partial charge in [-0.3, -0.25) is 14.9 Å². The predicted molar refractivity (Wildman–Crippen MR) is 113 cm³/mol. The number of benzene rings is 1. The maximum atomic E-state index is 15.1. The van der Waals surface area contributed by atoms with Crippen LogP contribution in [0.3, 0.4) is 0 Å². The van der Waals surface area contributed by atoms with Gasteiger partial charge in [0.25, 0.3) is 0 Å². The first kappa shape index (κ1) is 18.8. The fourth-order valence-corrected chi connectivity index (χ4v) is 3.74. The molecule has 5 rings (SSSR count). The lowest BCUT2D eigenvalue weighted by molar-refractivity contribution is -0.117. The van der Waals surface area contributed by atoms with Gasteiger partial charge in [-0.2, -0.15) is 5.10 Å². The van der Waals surface area contributed by atoms with Crippen LogP contribution in [0, 0.1) is 11.7 Å². The Morgan fingerprint density at radius 3 is 2.87 bits per heavy atom. The second-order valence-electron chi connectivity index (χ2n) is 7.76. The Labute approximate surface area is 175 Å². The second kappa shape index (κ2) is 6.94. The third kappa shape index (κ3) is 3.15. The van der Waals surface area contributed by atoms with Gasteiger partial charge in [0.15, 0.2) is 17.3 Å². The fourth-order valence-electron chi connectivity index (χ4n) is 3.45. The van der Waals surface area contributed by atoms with Crippen LogP contribution in [0.15, 0.2) is 24.8 Å². The van der Waals surface area contributed by atoms with Crippen molar-refractivity contribution in [3.8, 4) is 11.3 Å². The zero-order valence-corrected chi connectivity index (χ0v) is 17.1. The van der Waals surface area contributed by atoms with Crippen molar-refractivity contribution in [1.82, 2.24) is 24.6 Å². The summed E-state index contributed by atoms with van der Waals surface area (Å²) in [6, 6.07) is 0.0117. The van der Waals surface area contributed by atoms with E-state index in [1.54, 1.807) is 29.2 Å². The van der Waals surface area contributed by atoms with Gasteiger partial charge in [-0.15, -0.1) is 0 Å². The highest BCUT2D eigenvalue weighted by Crippen LogP contribution is 2.40. The van der Waals surface area contributed by atoms with Crippen LogP contribution in [0.5, 0.6) is 0 Å². The number of hydrogen-bond acceptors (Lipinski definition) is 5. The molecule has 1 fully saturated rings. The molecule has 0 radical (unpaired) electrons. The van der Waals surface area contributed by atoms with E-state index >= 15 is 4.39 Å². The van der Waals surface area contributed by atoms with Gasteiger partial charge in [0.2, 0.25) is 5.91 Å². The van der Waals surface area contributed by atoms with E-state index in [0.717, 1.165) is 12.8 Å². The van der Waals surface area contributed by atoms with E-state index in [0.29, 0.717) is 33.6 Å². The number of imidazole rings is 1. The number of carbonyl (C=O) groups is 1. The number of fused-ring (bicyclic) bond motifs is 2. The summed E-state index contributed by atoms with van der Waals surface area (Å²) in [7, 11) is 0. The molecular formula is C20H19ClFN7O. The first-order valence-corrected chi connectivity index (χ1v) is 10.1. The molecule has 154 valence electrons. The van der Waals surface area contributed by atoms with Gasteiger partial charge in [-0.25, -0.2) is 9.37 Å². The highest BCUT2D eigenvalue weighted by molar-refractivity contribution is 6.35. The molecule has 0 atom stereocenters. The number of nitrogens with zero attached hydrogens (tertiary/aromatic N) is 4. The van der Waals surface area contributed by atoms with Crippen LogP contribution < -0.4 is 10.6 Å². The van der Waals surface area contributed by atoms with Crippen LogP contribution in [0.1, 0.15) is 26.7 Å². The Hall–Kier alpha value is -3.20. The molecule has 3 N–H and O–H groups in total. The molecule has 0 bridgehead atoms. The fraction of sp³-hybridized carbons (Fsp3) is 0.300. The number of halogens is 2. The molecule has 1 aliphatic rings. The summed E-state index contributed by atoms with van der Waals surface area (Å²) in [5.41, 5.74) is 2.26. The average Bonchev–Trinajstić information content (AvgIpc) is 3.32. The van der Waals surface area contributed by atoms with Crippen LogP contribution >= 0.6 is 11.6 Å². The first-order valence-electron chi connectivity index (χ1n) is 9.69. The highest BCUT2D eigenvalue weighted by Gasteiger charge is 2.30. The Morgan fingerprint density at radius 2 is 2.13 bits per heavy atom. The lowest BCUT2D eigenvalue weighted by Gasteiger charge is -2.15. The minimum atomic E-state index is -0.568. The number of aromatic amines is 1. The number of carbonyl (C=O) groups excluding carboxylic acids is 1. The molecule has 4 aromatic rings. The third-order valence-corrected chi connectivity index (χ3v) is 5.38. The highest BCUT2D eigenvalue weighted by atomic mass is 35.5. The van der Waals surface area contributed by atoms with Gasteiger partial charge >= 0.3 is 0 Å². The average molecular weight is 428 g/mol. The van der Waals surface area contributed by atoms with Crippen LogP contribution in [0.4, 0.5) is 15.9 Å². The lowest BCUT2D eigenvalue weighted by Crippen LogP contribution is -2.13. The molecule has 1 saturated carbocycles. The Balaban J connectivity index is 1.60. The van der Waals surface area contributed by atoms with Gasteiger partial charge in [0, 0.05) is 29.1 Å². The van der Waals surface area contributed by atoms with E-state index in [9.17, 15) is 4.79 Å². The summed E-state index contributed by atoms with van der Waals surface area (Å²) >= 11 is 6.44. The molecule has 8 nitrogen and oxygen atoms in total. The number of nitrogens with one attached hydrogen (secondary N) is 3. The predicted octanol–water partition coefficient (Wildman–Crippen LogP) is 4.23. The number of hydrogen-bond donors (Lipinski definition) is 3. The molecular weight excluding hydrogens is 409 g/mol. The maximum absolute atomic E-state index is 15.1. The van der Waals surface area contributed by atoms with Crippen molar-refractivity contribution in [3.63, 3.8) is 0 Å². The Morgan fingerprint density at radius 1 is 1.33 bits per heavy atom. The largest absolute Gasteiger partial charge is 0.379 e. The van der Waals surface area contributed by atoms with E-state index in [-0.39, 0.29) is 28.6 Å². The van der Waals surface area contributed by atoms with Crippen LogP contribution in [0.25, 0.3) is 27.8 Å². The van der Waals surface area contributed by atoms with Crippen molar-refractivity contribution in [2.75, 3.05) is 10.6 Å². The van der Waals surface area contributed by atoms with Crippen LogP contribution in [0.2, 0.25) is 5.02 Å². The summed E-state index contributed by atoms with van der Waals surface area (Å²) in [6.07, 6.45) is 8.39. The molecule has 0 unspecified atom stereocenters. The zero-order valence-electron chi connectivity index (χ0n) is 16.3. The Kier molecular flexibility index (Phi) is 4.35. The quantitative estimate of drug-likeness (QED) is 0.442. The van der Waals surface area contributed by atoms with E-state index in [2.05, 4.69) is 30.8 Å². The first-order chi connectivity index (χ1) is 14.4. The standard InChI is InChI=1S/C20H19ClFN7O/c1-9(2)25-19-17(22)16(21)15(11-5-24-28-18(11)19)12-7-29-8-13(26-14(29)6-23-12)27-20(30)10-3-4-10/h5-10,25H,3-4H2,1-2H3,(H,24,28)(H,27,30). The SMILES string of the molecule is CC(C)Nc1c(F)c(Cl)c(-c2cn3cc(NC(=O)C4CC4)nc3cn2)c2cn[nH]c12. The summed E-state index contributed by atoms with van der Waals surface area (Å²) in [6.45, 7) is 3.83. The molecule has 0 saturated heterocycles. The molecule has 0 spiro atoms. The summed E-state index contributed by atoms with van der Waals surface area (Å²) < 4.78 is 16.8. The van der Waals surface area contributed by atoms with Gasteiger partial charge in [0.05, 0.1) is 40.5 Å². The van der Waals surface area contributed by atoms with E-state index < -0.39 is 5.82 Å². The number of anilines is 2.